The van der Waals surface area contributed by atoms with Gasteiger partial charge in [0.15, 0.2) is 0 Å². The molecule has 0 unspecified atom stereocenters. The molecule has 0 saturated heterocycles. The van der Waals surface area contributed by atoms with Crippen LogP contribution in [-0.4, -0.2) is 28.0 Å². The number of H-pyrrole nitrogens is 1. The van der Waals surface area contributed by atoms with E-state index in [2.05, 4.69) is 10.3 Å². The standard InChI is InChI=1S/C20H20N2O4/c1-13(23)22-19(20(24)25)9-15-11-21-18-8-7-16(10-17(15)18)26-12-14-5-3-2-4-6-14/h2-8,10-11,19,21H,9,12H2,1H3,(H,22,23)(H,24,25)/t19-/m1/s1. The summed E-state index contributed by atoms with van der Waals surface area (Å²) in [4.78, 5) is 25.7. The van der Waals surface area contributed by atoms with Crippen molar-refractivity contribution in [1.82, 2.24) is 10.3 Å². The number of hydrogen-bond acceptors (Lipinski definition) is 3. The quantitative estimate of drug-likeness (QED) is 0.610. The van der Waals surface area contributed by atoms with Crippen molar-refractivity contribution in [3.05, 3.63) is 65.9 Å². The van der Waals surface area contributed by atoms with Gasteiger partial charge in [-0.15, -0.1) is 0 Å². The first-order valence-electron chi connectivity index (χ1n) is 8.29. The number of ether oxygens (including phenoxy) is 1. The highest BCUT2D eigenvalue weighted by molar-refractivity contribution is 5.87. The Morgan fingerprint density at radius 3 is 2.65 bits per heavy atom. The Kier molecular flexibility index (Phi) is 5.22. The molecule has 0 fully saturated rings. The molecule has 134 valence electrons. The van der Waals surface area contributed by atoms with Crippen molar-refractivity contribution in [1.29, 1.82) is 0 Å². The number of carbonyl (C=O) groups excluding carboxylic acids is 1. The van der Waals surface area contributed by atoms with E-state index in [0.29, 0.717) is 12.4 Å². The van der Waals surface area contributed by atoms with E-state index in [9.17, 15) is 14.7 Å². The summed E-state index contributed by atoms with van der Waals surface area (Å²) in [6.07, 6.45) is 1.96. The summed E-state index contributed by atoms with van der Waals surface area (Å²) >= 11 is 0. The molecular weight excluding hydrogens is 332 g/mol. The van der Waals surface area contributed by atoms with Gasteiger partial charge in [-0.25, -0.2) is 4.79 Å². The van der Waals surface area contributed by atoms with E-state index >= 15 is 0 Å². The number of rotatable bonds is 7. The lowest BCUT2D eigenvalue weighted by atomic mass is 10.0. The first-order chi connectivity index (χ1) is 12.5. The Morgan fingerprint density at radius 1 is 1.19 bits per heavy atom. The van der Waals surface area contributed by atoms with Crippen LogP contribution in [0.1, 0.15) is 18.1 Å². The van der Waals surface area contributed by atoms with Gasteiger partial charge in [-0.3, -0.25) is 4.79 Å². The third-order valence-electron chi connectivity index (χ3n) is 4.09. The normalized spacial score (nSPS) is 11.9. The predicted molar refractivity (Wildman–Crippen MR) is 98.0 cm³/mol. The van der Waals surface area contributed by atoms with Crippen molar-refractivity contribution in [3.8, 4) is 5.75 Å². The van der Waals surface area contributed by atoms with E-state index in [0.717, 1.165) is 22.0 Å². The third kappa shape index (κ3) is 4.22. The Morgan fingerprint density at radius 2 is 1.96 bits per heavy atom. The maximum atomic E-state index is 11.4. The van der Waals surface area contributed by atoms with Gasteiger partial charge in [-0.1, -0.05) is 30.3 Å². The van der Waals surface area contributed by atoms with Crippen LogP contribution in [0.4, 0.5) is 0 Å². The largest absolute Gasteiger partial charge is 0.489 e. The fourth-order valence-corrected chi connectivity index (χ4v) is 2.82. The summed E-state index contributed by atoms with van der Waals surface area (Å²) in [6.45, 7) is 1.76. The minimum absolute atomic E-state index is 0.192. The van der Waals surface area contributed by atoms with Crippen LogP contribution in [-0.2, 0) is 22.6 Å². The van der Waals surface area contributed by atoms with Crippen LogP contribution in [0.5, 0.6) is 5.75 Å². The van der Waals surface area contributed by atoms with Crippen molar-refractivity contribution >= 4 is 22.8 Å². The number of fused-ring (bicyclic) bond motifs is 1. The number of carbonyl (C=O) groups is 2. The van der Waals surface area contributed by atoms with E-state index in [4.69, 9.17) is 4.74 Å². The minimum atomic E-state index is -1.06. The smallest absolute Gasteiger partial charge is 0.326 e. The van der Waals surface area contributed by atoms with Gasteiger partial charge < -0.3 is 20.1 Å². The summed E-state index contributed by atoms with van der Waals surface area (Å²) in [7, 11) is 0. The predicted octanol–water partition coefficient (Wildman–Crippen LogP) is 2.88. The van der Waals surface area contributed by atoms with Gasteiger partial charge in [-0.2, -0.15) is 0 Å². The Hall–Kier alpha value is -3.28. The zero-order chi connectivity index (χ0) is 18.5. The lowest BCUT2D eigenvalue weighted by Gasteiger charge is -2.13. The molecule has 1 heterocycles. The molecule has 6 nitrogen and oxygen atoms in total. The maximum Gasteiger partial charge on any atom is 0.326 e. The summed E-state index contributed by atoms with van der Waals surface area (Å²) in [5.41, 5.74) is 2.77. The first-order valence-corrected chi connectivity index (χ1v) is 8.29. The number of carboxylic acids is 1. The van der Waals surface area contributed by atoms with Gasteiger partial charge in [0.05, 0.1) is 0 Å². The van der Waals surface area contributed by atoms with Crippen LogP contribution in [0.25, 0.3) is 10.9 Å². The second-order valence-electron chi connectivity index (χ2n) is 6.09. The first kappa shape index (κ1) is 17.5. The van der Waals surface area contributed by atoms with Crippen LogP contribution >= 0.6 is 0 Å². The fourth-order valence-electron chi connectivity index (χ4n) is 2.82. The van der Waals surface area contributed by atoms with E-state index in [1.807, 2.05) is 48.5 Å². The molecule has 0 spiro atoms. The van der Waals surface area contributed by atoms with Gasteiger partial charge in [0.25, 0.3) is 0 Å². The number of aromatic nitrogens is 1. The number of aliphatic carboxylic acids is 1. The lowest BCUT2D eigenvalue weighted by molar-refractivity contribution is -0.141. The molecule has 1 amide bonds. The van der Waals surface area contributed by atoms with E-state index in [1.54, 1.807) is 6.20 Å². The second-order valence-corrected chi connectivity index (χ2v) is 6.09. The summed E-state index contributed by atoms with van der Waals surface area (Å²) in [6, 6.07) is 14.5. The van der Waals surface area contributed by atoms with Gasteiger partial charge in [0.2, 0.25) is 5.91 Å². The molecule has 0 aliphatic carbocycles. The summed E-state index contributed by atoms with van der Waals surface area (Å²) < 4.78 is 5.84. The molecular formula is C20H20N2O4. The molecule has 1 aromatic heterocycles. The Balaban J connectivity index is 1.79. The molecule has 0 aliphatic rings. The number of hydrogen-bond donors (Lipinski definition) is 3. The van der Waals surface area contributed by atoms with Crippen molar-refractivity contribution in [2.24, 2.45) is 0 Å². The number of nitrogens with one attached hydrogen (secondary N) is 2. The van der Waals surface area contributed by atoms with Crippen LogP contribution in [0.3, 0.4) is 0 Å². The lowest BCUT2D eigenvalue weighted by Crippen LogP contribution is -2.41. The van der Waals surface area contributed by atoms with Gasteiger partial charge >= 0.3 is 5.97 Å². The number of amides is 1. The molecule has 0 radical (unpaired) electrons. The number of aromatic amines is 1. The molecule has 6 heteroatoms. The maximum absolute atomic E-state index is 11.4. The number of benzene rings is 2. The van der Waals surface area contributed by atoms with Crippen LogP contribution in [0.2, 0.25) is 0 Å². The van der Waals surface area contributed by atoms with E-state index in [1.165, 1.54) is 6.92 Å². The molecule has 3 N–H and O–H groups in total. The third-order valence-corrected chi connectivity index (χ3v) is 4.09. The molecule has 3 aromatic rings. The van der Waals surface area contributed by atoms with Crippen molar-refractivity contribution < 1.29 is 19.4 Å². The highest BCUT2D eigenvalue weighted by Gasteiger charge is 2.20. The second kappa shape index (κ2) is 7.74. The minimum Gasteiger partial charge on any atom is -0.489 e. The van der Waals surface area contributed by atoms with Crippen LogP contribution < -0.4 is 10.1 Å². The van der Waals surface area contributed by atoms with E-state index in [-0.39, 0.29) is 12.3 Å². The monoisotopic (exact) mass is 352 g/mol. The molecule has 3 rings (SSSR count). The van der Waals surface area contributed by atoms with Gasteiger partial charge in [-0.05, 0) is 29.3 Å². The molecule has 26 heavy (non-hydrogen) atoms. The van der Waals surface area contributed by atoms with E-state index < -0.39 is 12.0 Å². The SMILES string of the molecule is CC(=O)N[C@H](Cc1c[nH]c2ccc(OCc3ccccc3)cc12)C(=O)O. The van der Waals surface area contributed by atoms with Crippen LogP contribution in [0.15, 0.2) is 54.7 Å². The zero-order valence-corrected chi connectivity index (χ0v) is 14.4. The van der Waals surface area contributed by atoms with Crippen molar-refractivity contribution in [2.75, 3.05) is 0 Å². The molecule has 2 aromatic carbocycles. The molecule has 0 bridgehead atoms. The highest BCUT2D eigenvalue weighted by atomic mass is 16.5. The van der Waals surface area contributed by atoms with Crippen molar-refractivity contribution in [2.45, 2.75) is 26.0 Å². The molecule has 1 atom stereocenters. The Labute approximate surface area is 150 Å². The number of carboxylic acid groups (broad SMARTS) is 1. The Bertz CT molecular complexity index is 918. The van der Waals surface area contributed by atoms with Gasteiger partial charge in [0, 0.05) is 30.4 Å². The average Bonchev–Trinajstić information content (AvgIpc) is 3.02. The molecule has 0 saturated carbocycles. The molecule has 0 aliphatic heterocycles. The summed E-state index contributed by atoms with van der Waals surface area (Å²) in [5.74, 6) is -0.733. The fraction of sp³-hybridized carbons (Fsp3) is 0.200. The summed E-state index contributed by atoms with van der Waals surface area (Å²) in [5, 5.41) is 12.6. The average molecular weight is 352 g/mol. The van der Waals surface area contributed by atoms with Crippen molar-refractivity contribution in [3.63, 3.8) is 0 Å². The zero-order valence-electron chi connectivity index (χ0n) is 14.4. The van der Waals surface area contributed by atoms with Gasteiger partial charge in [0.1, 0.15) is 18.4 Å². The topological polar surface area (TPSA) is 91.4 Å². The van der Waals surface area contributed by atoms with Crippen LogP contribution in [0, 0.1) is 0 Å². The highest BCUT2D eigenvalue weighted by Crippen LogP contribution is 2.25.